The molecule has 0 radical (unpaired) electrons. The highest BCUT2D eigenvalue weighted by molar-refractivity contribution is 7.10. The van der Waals surface area contributed by atoms with Gasteiger partial charge in [-0.3, -0.25) is 4.79 Å². The molecule has 1 unspecified atom stereocenters. The number of carbonyl (C=O) groups is 1. The molecule has 2 aromatic heterocycles. The molecule has 2 rings (SSSR count). The molecule has 0 fully saturated rings. The minimum absolute atomic E-state index is 0. The van der Waals surface area contributed by atoms with Gasteiger partial charge in [0.25, 0.3) is 5.91 Å². The molecule has 0 aromatic carbocycles. The van der Waals surface area contributed by atoms with Crippen LogP contribution in [-0.4, -0.2) is 15.9 Å². The zero-order valence-electron chi connectivity index (χ0n) is 10.7. The second-order valence-corrected chi connectivity index (χ2v) is 5.50. The topological polar surface area (TPSA) is 80.9 Å². The van der Waals surface area contributed by atoms with E-state index in [1.54, 1.807) is 11.6 Å². The first-order chi connectivity index (χ1) is 8.74. The number of hydrogen-bond acceptors (Lipinski definition) is 6. The lowest BCUT2D eigenvalue weighted by Crippen LogP contribution is -2.28. The highest BCUT2D eigenvalue weighted by atomic mass is 35.5. The van der Waals surface area contributed by atoms with Crippen LogP contribution in [0.4, 0.5) is 0 Å². The maximum atomic E-state index is 12.0. The van der Waals surface area contributed by atoms with Gasteiger partial charge in [-0.15, -0.1) is 47.5 Å². The molecule has 0 saturated carbocycles. The first-order valence-electron chi connectivity index (χ1n) is 5.59. The Kier molecular flexibility index (Phi) is 8.91. The molecule has 2 aromatic rings. The van der Waals surface area contributed by atoms with Crippen molar-refractivity contribution in [3.05, 3.63) is 32.7 Å². The highest BCUT2D eigenvalue weighted by Crippen LogP contribution is 2.19. The molecule has 0 aliphatic carbocycles. The Balaban J connectivity index is 0.00000180. The summed E-state index contributed by atoms with van der Waals surface area (Å²) in [5.41, 5.74) is 5.90. The Labute approximate surface area is 137 Å². The summed E-state index contributed by atoms with van der Waals surface area (Å²) >= 11 is 2.94. The zero-order valence-corrected chi connectivity index (χ0v) is 14.0. The molecule has 112 valence electrons. The van der Waals surface area contributed by atoms with Crippen LogP contribution in [0.3, 0.4) is 0 Å². The lowest BCUT2D eigenvalue weighted by Gasteiger charge is -2.13. The second-order valence-electron chi connectivity index (χ2n) is 3.64. The molecule has 0 aliphatic rings. The molecule has 0 bridgehead atoms. The van der Waals surface area contributed by atoms with Crippen molar-refractivity contribution in [3.63, 3.8) is 0 Å². The van der Waals surface area contributed by atoms with Crippen molar-refractivity contribution in [3.8, 4) is 0 Å². The fraction of sp³-hybridized carbons (Fsp3) is 0.364. The van der Waals surface area contributed by atoms with Crippen LogP contribution in [0, 0.1) is 0 Å². The summed E-state index contributed by atoms with van der Waals surface area (Å²) in [6, 6.07) is -0.0551. The third-order valence-electron chi connectivity index (χ3n) is 2.42. The van der Waals surface area contributed by atoms with Crippen LogP contribution in [0.5, 0.6) is 0 Å². The number of nitrogens with two attached hydrogens (primary N) is 1. The molecule has 20 heavy (non-hydrogen) atoms. The third kappa shape index (κ3) is 4.68. The normalized spacial score (nSPS) is 11.1. The van der Waals surface area contributed by atoms with E-state index >= 15 is 0 Å². The molecule has 9 heteroatoms. The number of hydrogen-bond donors (Lipinski definition) is 2. The van der Waals surface area contributed by atoms with E-state index < -0.39 is 0 Å². The van der Waals surface area contributed by atoms with E-state index in [-0.39, 0.29) is 36.8 Å². The van der Waals surface area contributed by atoms with Gasteiger partial charge in [-0.25, -0.2) is 9.97 Å². The molecule has 0 spiro atoms. The van der Waals surface area contributed by atoms with Crippen molar-refractivity contribution in [1.82, 2.24) is 15.3 Å². The van der Waals surface area contributed by atoms with Gasteiger partial charge in [0.15, 0.2) is 0 Å². The lowest BCUT2D eigenvalue weighted by atomic mass is 10.2. The maximum Gasteiger partial charge on any atom is 0.271 e. The Hall–Kier alpha value is -0.730. The molecule has 0 aliphatic heterocycles. The number of amides is 1. The summed E-state index contributed by atoms with van der Waals surface area (Å²) < 4.78 is 0. The number of aromatic nitrogens is 2. The van der Waals surface area contributed by atoms with E-state index in [1.165, 1.54) is 22.7 Å². The van der Waals surface area contributed by atoms with Crippen molar-refractivity contribution in [2.75, 3.05) is 0 Å². The molecular formula is C11H16Cl2N4OS2. The summed E-state index contributed by atoms with van der Waals surface area (Å²) in [4.78, 5) is 20.4. The van der Waals surface area contributed by atoms with Gasteiger partial charge in [0.05, 0.1) is 6.04 Å². The molecular weight excluding hydrogens is 339 g/mol. The minimum Gasteiger partial charge on any atom is -0.341 e. The molecule has 2 heterocycles. The lowest BCUT2D eigenvalue weighted by molar-refractivity contribution is 0.0931. The van der Waals surface area contributed by atoms with Gasteiger partial charge in [0.1, 0.15) is 15.7 Å². The van der Waals surface area contributed by atoms with E-state index in [0.29, 0.717) is 12.2 Å². The zero-order chi connectivity index (χ0) is 13.0. The summed E-state index contributed by atoms with van der Waals surface area (Å²) in [7, 11) is 0. The third-order valence-corrected chi connectivity index (χ3v) is 4.18. The van der Waals surface area contributed by atoms with Crippen LogP contribution in [-0.2, 0) is 6.54 Å². The van der Waals surface area contributed by atoms with Crippen molar-refractivity contribution in [2.24, 2.45) is 5.73 Å². The number of halogens is 2. The highest BCUT2D eigenvalue weighted by Gasteiger charge is 2.17. The smallest absolute Gasteiger partial charge is 0.271 e. The fourth-order valence-corrected chi connectivity index (χ4v) is 2.91. The predicted molar refractivity (Wildman–Crippen MR) is 87.1 cm³/mol. The van der Waals surface area contributed by atoms with E-state index in [4.69, 9.17) is 5.73 Å². The van der Waals surface area contributed by atoms with Gasteiger partial charge in [-0.05, 0) is 6.42 Å². The standard InChI is InChI=1S/C11H14N4OS2.2ClH/c1-2-7(11-13-3-4-17-11)15-10(16)8-6-18-9(5-12)14-8;;/h3-4,6-7H,2,5,12H2,1H3,(H,15,16);2*1H. The van der Waals surface area contributed by atoms with Gasteiger partial charge < -0.3 is 11.1 Å². The fourth-order valence-electron chi connectivity index (χ4n) is 1.49. The van der Waals surface area contributed by atoms with Crippen LogP contribution in [0.2, 0.25) is 0 Å². The average Bonchev–Trinajstić information content (AvgIpc) is 3.05. The average molecular weight is 355 g/mol. The van der Waals surface area contributed by atoms with Gasteiger partial charge in [0.2, 0.25) is 0 Å². The summed E-state index contributed by atoms with van der Waals surface area (Å²) in [5, 5.41) is 8.25. The van der Waals surface area contributed by atoms with Crippen LogP contribution in [0.1, 0.15) is 39.9 Å². The Morgan fingerprint density at radius 1 is 1.45 bits per heavy atom. The molecule has 3 N–H and O–H groups in total. The first kappa shape index (κ1) is 19.3. The molecule has 5 nitrogen and oxygen atoms in total. The first-order valence-corrected chi connectivity index (χ1v) is 7.35. The van der Waals surface area contributed by atoms with E-state index in [1.807, 2.05) is 12.3 Å². The maximum absolute atomic E-state index is 12.0. The van der Waals surface area contributed by atoms with Crippen molar-refractivity contribution in [1.29, 1.82) is 0 Å². The van der Waals surface area contributed by atoms with Gasteiger partial charge >= 0.3 is 0 Å². The Bertz CT molecular complexity index is 518. The Morgan fingerprint density at radius 3 is 2.70 bits per heavy atom. The quantitative estimate of drug-likeness (QED) is 0.864. The second kappa shape index (κ2) is 9.25. The van der Waals surface area contributed by atoms with E-state index in [9.17, 15) is 4.79 Å². The summed E-state index contributed by atoms with van der Waals surface area (Å²) in [6.45, 7) is 2.38. The van der Waals surface area contributed by atoms with Crippen LogP contribution in [0.25, 0.3) is 0 Å². The molecule has 0 saturated heterocycles. The van der Waals surface area contributed by atoms with Gasteiger partial charge in [0, 0.05) is 23.5 Å². The van der Waals surface area contributed by atoms with Crippen LogP contribution < -0.4 is 11.1 Å². The van der Waals surface area contributed by atoms with E-state index in [2.05, 4.69) is 15.3 Å². The monoisotopic (exact) mass is 354 g/mol. The minimum atomic E-state index is -0.173. The number of carbonyl (C=O) groups excluding carboxylic acids is 1. The van der Waals surface area contributed by atoms with Crippen molar-refractivity contribution < 1.29 is 4.79 Å². The van der Waals surface area contributed by atoms with Crippen molar-refractivity contribution >= 4 is 53.4 Å². The number of rotatable bonds is 5. The van der Waals surface area contributed by atoms with Gasteiger partial charge in [-0.2, -0.15) is 0 Å². The largest absolute Gasteiger partial charge is 0.341 e. The molecule has 1 atom stereocenters. The van der Waals surface area contributed by atoms with Crippen molar-refractivity contribution in [2.45, 2.75) is 25.9 Å². The van der Waals surface area contributed by atoms with Crippen LogP contribution >= 0.6 is 47.5 Å². The summed E-state index contributed by atoms with van der Waals surface area (Å²) in [6.07, 6.45) is 2.54. The van der Waals surface area contributed by atoms with Gasteiger partial charge in [-0.1, -0.05) is 6.92 Å². The number of thiazole rings is 2. The number of nitrogens with one attached hydrogen (secondary N) is 1. The van der Waals surface area contributed by atoms with E-state index in [0.717, 1.165) is 16.4 Å². The summed E-state index contributed by atoms with van der Waals surface area (Å²) in [5.74, 6) is -0.173. The predicted octanol–water partition coefficient (Wildman–Crippen LogP) is 2.78. The molecule has 1 amide bonds. The Morgan fingerprint density at radius 2 is 2.20 bits per heavy atom. The number of nitrogens with zero attached hydrogens (tertiary/aromatic N) is 2. The van der Waals surface area contributed by atoms with Crippen LogP contribution in [0.15, 0.2) is 17.0 Å². The SMILES string of the molecule is CCC(NC(=O)c1csc(CN)n1)c1nccs1.Cl.Cl.